The summed E-state index contributed by atoms with van der Waals surface area (Å²) in [5.41, 5.74) is 28.0. The van der Waals surface area contributed by atoms with E-state index in [9.17, 15) is 0 Å². The van der Waals surface area contributed by atoms with Crippen LogP contribution in [0.15, 0.2) is 234 Å². The van der Waals surface area contributed by atoms with Crippen molar-refractivity contribution in [3.8, 4) is 55.6 Å². The highest BCUT2D eigenvalue weighted by atomic mass is 16.3. The molecule has 0 radical (unpaired) electrons. The maximum atomic E-state index is 6.97. The van der Waals surface area contributed by atoms with E-state index in [0.29, 0.717) is 23.7 Å². The first-order chi connectivity index (χ1) is 31.1. The molecule has 9 aromatic rings. The number of hydrogen-bond acceptors (Lipinski definition) is 3. The third kappa shape index (κ3) is 6.15. The lowest BCUT2D eigenvalue weighted by atomic mass is 9.70. The lowest BCUT2D eigenvalue weighted by Crippen LogP contribution is -2.25. The van der Waals surface area contributed by atoms with Crippen LogP contribution in [-0.4, -0.2) is 12.3 Å². The van der Waals surface area contributed by atoms with E-state index >= 15 is 0 Å². The van der Waals surface area contributed by atoms with Crippen molar-refractivity contribution in [1.82, 2.24) is 0 Å². The zero-order valence-electron chi connectivity index (χ0n) is 35.1. The quantitative estimate of drug-likeness (QED) is 0.117. The van der Waals surface area contributed by atoms with E-state index in [2.05, 4.69) is 158 Å². The van der Waals surface area contributed by atoms with Crippen LogP contribution in [0.3, 0.4) is 0 Å². The highest BCUT2D eigenvalue weighted by molar-refractivity contribution is 6.17. The summed E-state index contributed by atoms with van der Waals surface area (Å²) in [5.74, 6) is 0.569. The van der Waals surface area contributed by atoms with Gasteiger partial charge in [-0.3, -0.25) is 4.99 Å². The van der Waals surface area contributed by atoms with Crippen molar-refractivity contribution < 1.29 is 4.42 Å². The Balaban J connectivity index is 0.957. The number of hydrogen-bond donors (Lipinski definition) is 1. The molecule has 8 aromatic carbocycles. The second-order valence-electron chi connectivity index (χ2n) is 16.4. The summed E-state index contributed by atoms with van der Waals surface area (Å²) in [4.78, 5) is 5.05. The molecule has 0 unspecified atom stereocenters. The predicted octanol–water partition coefficient (Wildman–Crippen LogP) is 14.9. The Morgan fingerprint density at radius 1 is 0.556 bits per heavy atom. The topological polar surface area (TPSA) is 51.5 Å². The molecule has 1 aromatic heterocycles. The molecule has 2 aliphatic carbocycles. The van der Waals surface area contributed by atoms with Gasteiger partial charge in [0.2, 0.25) is 0 Å². The van der Waals surface area contributed by atoms with E-state index in [4.69, 9.17) is 15.1 Å². The minimum absolute atomic E-state index is 0.379. The zero-order valence-corrected chi connectivity index (χ0v) is 35.1. The number of anilines is 1. The predicted molar refractivity (Wildman–Crippen MR) is 263 cm³/mol. The van der Waals surface area contributed by atoms with E-state index in [0.717, 1.165) is 44.4 Å². The van der Waals surface area contributed by atoms with E-state index in [1.807, 2.05) is 61.5 Å². The second-order valence-corrected chi connectivity index (χ2v) is 16.4. The number of allylic oxidation sites excluding steroid dienone is 3. The van der Waals surface area contributed by atoms with Crippen LogP contribution in [-0.2, 0) is 5.41 Å². The Labute approximate surface area is 368 Å². The van der Waals surface area contributed by atoms with Crippen molar-refractivity contribution >= 4 is 22.4 Å². The molecule has 63 heavy (non-hydrogen) atoms. The number of nitrogens with two attached hydrogens (primary N) is 1. The largest absolute Gasteiger partial charge is 0.452 e. The lowest BCUT2D eigenvalue weighted by Gasteiger charge is -2.30. The van der Waals surface area contributed by atoms with Crippen LogP contribution in [0.5, 0.6) is 0 Å². The Hall–Kier alpha value is -8.01. The van der Waals surface area contributed by atoms with Gasteiger partial charge in [0.15, 0.2) is 5.76 Å². The van der Waals surface area contributed by atoms with Crippen LogP contribution in [0.2, 0.25) is 0 Å². The van der Waals surface area contributed by atoms with Gasteiger partial charge in [-0.2, -0.15) is 0 Å². The van der Waals surface area contributed by atoms with Crippen molar-refractivity contribution in [2.75, 3.05) is 12.3 Å². The van der Waals surface area contributed by atoms with Crippen LogP contribution in [0, 0.1) is 0 Å². The molecule has 0 saturated heterocycles. The summed E-state index contributed by atoms with van der Waals surface area (Å²) in [6.45, 7) is 6.34. The summed E-state index contributed by atoms with van der Waals surface area (Å²) in [6.07, 6.45) is 7.81. The molecule has 11 rings (SSSR count). The summed E-state index contributed by atoms with van der Waals surface area (Å²) < 4.78 is 6.50. The SMILES string of the molecule is C=C/C=C(\C=C/C)CN=C(c1ccccc1)c1oc2ccc(-c3cccc(-c4cccc(-c5ccc6c(c5)C5(c7ccccc7-c7ccccc75)c5ccccc5-6)c4)c3)cc2c1N. The van der Waals surface area contributed by atoms with Crippen molar-refractivity contribution in [3.63, 3.8) is 0 Å². The van der Waals surface area contributed by atoms with Gasteiger partial charge in [0, 0.05) is 10.9 Å². The molecule has 1 heterocycles. The van der Waals surface area contributed by atoms with Crippen LogP contribution in [0.25, 0.3) is 66.6 Å². The van der Waals surface area contributed by atoms with Crippen molar-refractivity contribution in [3.05, 3.63) is 258 Å². The molecule has 1 spiro atoms. The van der Waals surface area contributed by atoms with Crippen molar-refractivity contribution in [2.45, 2.75) is 12.3 Å². The fraction of sp³-hybridized carbons (Fsp3) is 0.0500. The van der Waals surface area contributed by atoms with Gasteiger partial charge >= 0.3 is 0 Å². The van der Waals surface area contributed by atoms with Crippen LogP contribution in [0.4, 0.5) is 5.69 Å². The highest BCUT2D eigenvalue weighted by Gasteiger charge is 2.51. The first kappa shape index (κ1) is 38.0. The number of nitrogen functional groups attached to an aromatic ring is 1. The number of rotatable bonds is 9. The molecule has 0 atom stereocenters. The molecule has 3 heteroatoms. The lowest BCUT2D eigenvalue weighted by molar-refractivity contribution is 0.606. The first-order valence-corrected chi connectivity index (χ1v) is 21.6. The molecule has 0 amide bonds. The number of furan rings is 1. The average molecular weight is 809 g/mol. The number of nitrogens with zero attached hydrogens (tertiary/aromatic N) is 1. The van der Waals surface area contributed by atoms with E-state index < -0.39 is 0 Å². The van der Waals surface area contributed by atoms with Gasteiger partial charge in [-0.1, -0.05) is 189 Å². The molecule has 0 saturated carbocycles. The molecule has 3 nitrogen and oxygen atoms in total. The van der Waals surface area contributed by atoms with Gasteiger partial charge < -0.3 is 10.2 Å². The monoisotopic (exact) mass is 808 g/mol. The molecule has 300 valence electrons. The number of fused-ring (bicyclic) bond motifs is 11. The molecule has 2 N–H and O–H groups in total. The Morgan fingerprint density at radius 2 is 1.06 bits per heavy atom. The van der Waals surface area contributed by atoms with Crippen molar-refractivity contribution in [2.24, 2.45) is 4.99 Å². The van der Waals surface area contributed by atoms with E-state index in [-0.39, 0.29) is 5.41 Å². The fourth-order valence-electron chi connectivity index (χ4n) is 10.1. The Morgan fingerprint density at radius 3 is 1.63 bits per heavy atom. The third-order valence-electron chi connectivity index (χ3n) is 12.8. The van der Waals surface area contributed by atoms with Crippen molar-refractivity contribution in [1.29, 1.82) is 0 Å². The maximum Gasteiger partial charge on any atom is 0.176 e. The molecular formula is C60H44N2O. The first-order valence-electron chi connectivity index (χ1n) is 21.6. The molecular weight excluding hydrogens is 765 g/mol. The summed E-state index contributed by atoms with van der Waals surface area (Å²) in [6, 6.07) is 68.1. The zero-order chi connectivity index (χ0) is 42.5. The summed E-state index contributed by atoms with van der Waals surface area (Å²) >= 11 is 0. The minimum Gasteiger partial charge on any atom is -0.452 e. The van der Waals surface area contributed by atoms with Crippen LogP contribution >= 0.6 is 0 Å². The third-order valence-corrected chi connectivity index (χ3v) is 12.8. The van der Waals surface area contributed by atoms with Gasteiger partial charge in [0.05, 0.1) is 17.6 Å². The van der Waals surface area contributed by atoms with Gasteiger partial charge in [0.1, 0.15) is 11.3 Å². The molecule has 0 bridgehead atoms. The smallest absolute Gasteiger partial charge is 0.176 e. The molecule has 0 fully saturated rings. The van der Waals surface area contributed by atoms with Gasteiger partial charge in [-0.05, 0) is 121 Å². The number of benzene rings is 8. The van der Waals surface area contributed by atoms with E-state index in [1.165, 1.54) is 55.6 Å². The average Bonchev–Trinajstić information content (AvgIpc) is 3.94. The summed E-state index contributed by atoms with van der Waals surface area (Å²) in [5, 5.41) is 0.859. The van der Waals surface area contributed by atoms with Crippen LogP contribution < -0.4 is 5.73 Å². The number of aliphatic imine (C=N–C) groups is 1. The van der Waals surface area contributed by atoms with Gasteiger partial charge in [0.25, 0.3) is 0 Å². The Bertz CT molecular complexity index is 3300. The fourth-order valence-corrected chi connectivity index (χ4v) is 10.1. The standard InChI is InChI=1S/C60H44N2O/c1-3-16-39(17-4-2)38-62-58(40-18-6-5-7-19-40)59-57(61)51-36-45(31-33-56(51)63-59)43-22-14-20-41(34-43)42-21-15-23-44(35-42)46-30-32-50-49-26-10-13-29-54(49)60(55(50)37-46)52-27-11-8-24-47(52)48-25-9-12-28-53(48)60/h3-37H,1,38,61H2,2H3/b17-4-,39-16+,62-58?. The molecule has 0 aliphatic heterocycles. The van der Waals surface area contributed by atoms with E-state index in [1.54, 1.807) is 6.08 Å². The van der Waals surface area contributed by atoms with Crippen LogP contribution in [0.1, 0.15) is 40.5 Å². The highest BCUT2D eigenvalue weighted by Crippen LogP contribution is 2.63. The van der Waals surface area contributed by atoms with Gasteiger partial charge in [-0.15, -0.1) is 0 Å². The minimum atomic E-state index is -0.379. The normalized spacial score (nSPS) is 13.6. The summed E-state index contributed by atoms with van der Waals surface area (Å²) in [7, 11) is 0. The Kier molecular flexibility index (Phi) is 9.32. The van der Waals surface area contributed by atoms with Gasteiger partial charge in [-0.25, -0.2) is 0 Å². The maximum absolute atomic E-state index is 6.97. The second kappa shape index (κ2) is 15.5. The molecule has 2 aliphatic rings.